The van der Waals surface area contributed by atoms with Gasteiger partial charge in [-0.3, -0.25) is 24.1 Å². The summed E-state index contributed by atoms with van der Waals surface area (Å²) in [6.07, 6.45) is -3.30. The Morgan fingerprint density at radius 3 is 2.66 bits per heavy atom. The zero-order valence-corrected chi connectivity index (χ0v) is 21.5. The molecule has 2 unspecified atom stereocenters. The predicted molar refractivity (Wildman–Crippen MR) is 135 cm³/mol. The lowest BCUT2D eigenvalue weighted by atomic mass is 9.53. The van der Waals surface area contributed by atoms with Gasteiger partial charge in [0, 0.05) is 42.1 Å². The van der Waals surface area contributed by atoms with Crippen LogP contribution in [-0.4, -0.2) is 91.3 Å². The molecule has 11 nitrogen and oxygen atoms in total. The molecule has 38 heavy (non-hydrogen) atoms. The first-order valence-corrected chi connectivity index (χ1v) is 13.7. The molecule has 1 aromatic carbocycles. The minimum Gasteiger partial charge on any atom is -0.507 e. The Morgan fingerprint density at radius 2 is 2.00 bits per heavy atom. The quantitative estimate of drug-likeness (QED) is 0.248. The maximum atomic E-state index is 13.9. The molecule has 4 aliphatic rings. The van der Waals surface area contributed by atoms with Crippen molar-refractivity contribution in [3.05, 3.63) is 34.9 Å². The lowest BCUT2D eigenvalue weighted by Crippen LogP contribution is -2.71. The number of fused-ring (bicyclic) bond motifs is 3. The molecule has 2 saturated carbocycles. The molecule has 204 valence electrons. The standard InChI is InChI=1S/C26H30N2O9S/c1-11-12-3-2-4-14(29)18(12)21(32)20-17(11)22(37-16(31)5-6-28-7-8-38-10-28)13-9-15(30)19(25(27)35)23(33)26(13,36)24(20)34/h2-4,11,13,15,17,19,22,29-30,32,36H,5-10H2,1H3,(H2,27,35)/t11-,13+,15?,17+,19?,22+,26+/m0/s1. The topological polar surface area (TPSA) is 188 Å². The van der Waals surface area contributed by atoms with Gasteiger partial charge in [0.15, 0.2) is 11.4 Å². The average Bonchev–Trinajstić information content (AvgIpc) is 3.38. The molecule has 1 amide bonds. The van der Waals surface area contributed by atoms with Crippen molar-refractivity contribution in [1.82, 2.24) is 4.90 Å². The summed E-state index contributed by atoms with van der Waals surface area (Å²) in [5.41, 5.74) is 2.55. The summed E-state index contributed by atoms with van der Waals surface area (Å²) in [6, 6.07) is 4.56. The van der Waals surface area contributed by atoms with Gasteiger partial charge in [0.05, 0.1) is 18.1 Å². The Hall–Kier alpha value is -2.93. The van der Waals surface area contributed by atoms with E-state index in [1.165, 1.54) is 6.07 Å². The van der Waals surface area contributed by atoms with Crippen molar-refractivity contribution in [2.24, 2.45) is 23.5 Å². The molecule has 3 fully saturated rings. The van der Waals surface area contributed by atoms with Crippen LogP contribution in [0.25, 0.3) is 5.76 Å². The number of ether oxygens (including phenoxy) is 1. The molecule has 1 aromatic rings. The van der Waals surface area contributed by atoms with Crippen molar-refractivity contribution in [3.8, 4) is 5.75 Å². The maximum Gasteiger partial charge on any atom is 0.307 e. The number of hydrogen-bond donors (Lipinski definition) is 5. The molecule has 0 bridgehead atoms. The highest BCUT2D eigenvalue weighted by molar-refractivity contribution is 7.99. The van der Waals surface area contributed by atoms with Gasteiger partial charge in [0.1, 0.15) is 23.5 Å². The number of nitrogens with two attached hydrogens (primary N) is 1. The van der Waals surface area contributed by atoms with Crippen LogP contribution in [0.5, 0.6) is 5.75 Å². The van der Waals surface area contributed by atoms with Gasteiger partial charge in [0.25, 0.3) is 0 Å². The van der Waals surface area contributed by atoms with Crippen LogP contribution in [0.2, 0.25) is 0 Å². The van der Waals surface area contributed by atoms with Crippen molar-refractivity contribution in [1.29, 1.82) is 0 Å². The van der Waals surface area contributed by atoms with Gasteiger partial charge in [0.2, 0.25) is 11.7 Å². The number of phenolic OH excluding ortho intramolecular Hbond substituents is 1. The molecule has 5 rings (SSSR count). The molecule has 12 heteroatoms. The summed E-state index contributed by atoms with van der Waals surface area (Å²) in [4.78, 5) is 54.4. The molecule has 1 saturated heterocycles. The van der Waals surface area contributed by atoms with Crippen molar-refractivity contribution in [3.63, 3.8) is 0 Å². The molecule has 1 aliphatic heterocycles. The van der Waals surface area contributed by atoms with E-state index in [2.05, 4.69) is 4.90 Å². The minimum absolute atomic E-state index is 0.0140. The molecular weight excluding hydrogens is 516 g/mol. The molecule has 6 N–H and O–H groups in total. The molecule has 0 spiro atoms. The molecule has 0 aromatic heterocycles. The highest BCUT2D eigenvalue weighted by Crippen LogP contribution is 2.56. The number of carbonyl (C=O) groups excluding carboxylic acids is 4. The van der Waals surface area contributed by atoms with E-state index in [0.717, 1.165) is 18.2 Å². The fourth-order valence-electron chi connectivity index (χ4n) is 6.47. The number of aliphatic hydroxyl groups is 3. The van der Waals surface area contributed by atoms with Gasteiger partial charge in [-0.05, 0) is 24.0 Å². The zero-order valence-electron chi connectivity index (χ0n) is 20.7. The number of Topliss-reactive ketones (excluding diaryl/α,β-unsaturated/α-hetero) is 2. The van der Waals surface area contributed by atoms with Crippen molar-refractivity contribution in [2.75, 3.05) is 24.7 Å². The first kappa shape index (κ1) is 26.7. The Balaban J connectivity index is 1.61. The van der Waals surface area contributed by atoms with Crippen LogP contribution in [0.15, 0.2) is 23.8 Å². The van der Waals surface area contributed by atoms with Crippen LogP contribution in [-0.2, 0) is 23.9 Å². The monoisotopic (exact) mass is 546 g/mol. The van der Waals surface area contributed by atoms with Crippen molar-refractivity contribution < 1.29 is 44.3 Å². The third kappa shape index (κ3) is 3.93. The van der Waals surface area contributed by atoms with Crippen molar-refractivity contribution in [2.45, 2.75) is 43.5 Å². The number of aliphatic hydroxyl groups excluding tert-OH is 2. The van der Waals surface area contributed by atoms with E-state index in [0.29, 0.717) is 12.1 Å². The van der Waals surface area contributed by atoms with E-state index < -0.39 is 77.1 Å². The molecule has 3 aliphatic carbocycles. The van der Waals surface area contributed by atoms with Gasteiger partial charge in [-0.15, -0.1) is 11.8 Å². The molecule has 1 heterocycles. The van der Waals surface area contributed by atoms with Crippen LogP contribution in [0.4, 0.5) is 0 Å². The third-order valence-corrected chi connectivity index (χ3v) is 9.40. The van der Waals surface area contributed by atoms with Crippen LogP contribution < -0.4 is 5.73 Å². The van der Waals surface area contributed by atoms with Crippen molar-refractivity contribution >= 4 is 41.0 Å². The highest BCUT2D eigenvalue weighted by Gasteiger charge is 2.68. The molecule has 0 radical (unpaired) electrons. The summed E-state index contributed by atoms with van der Waals surface area (Å²) >= 11 is 1.74. The van der Waals surface area contributed by atoms with Gasteiger partial charge in [-0.2, -0.15) is 0 Å². The number of ketones is 2. The summed E-state index contributed by atoms with van der Waals surface area (Å²) in [5, 5.41) is 44.1. The third-order valence-electron chi connectivity index (χ3n) is 8.38. The highest BCUT2D eigenvalue weighted by atomic mass is 32.2. The normalized spacial score (nSPS) is 34.9. The number of esters is 1. The van der Waals surface area contributed by atoms with E-state index in [1.807, 2.05) is 0 Å². The lowest BCUT2D eigenvalue weighted by molar-refractivity contribution is -0.195. The number of nitrogens with zero attached hydrogens (tertiary/aromatic N) is 1. The molecule has 7 atom stereocenters. The van der Waals surface area contributed by atoms with E-state index in [-0.39, 0.29) is 23.3 Å². The maximum absolute atomic E-state index is 13.9. The fraction of sp³-hybridized carbons (Fsp3) is 0.538. The van der Waals surface area contributed by atoms with Gasteiger partial charge in [-0.25, -0.2) is 0 Å². The van der Waals surface area contributed by atoms with Gasteiger partial charge < -0.3 is 30.9 Å². The van der Waals surface area contributed by atoms with E-state index in [4.69, 9.17) is 10.5 Å². The number of carbonyl (C=O) groups is 4. The largest absolute Gasteiger partial charge is 0.507 e. The number of benzene rings is 1. The number of amides is 1. The Morgan fingerprint density at radius 1 is 1.26 bits per heavy atom. The molecular formula is C26H30N2O9S. The average molecular weight is 547 g/mol. The Bertz CT molecular complexity index is 1240. The Labute approximate surface area is 222 Å². The van der Waals surface area contributed by atoms with Gasteiger partial charge in [-0.1, -0.05) is 19.1 Å². The predicted octanol–water partition coefficient (Wildman–Crippen LogP) is 0.0680. The smallest absolute Gasteiger partial charge is 0.307 e. The van der Waals surface area contributed by atoms with Crippen LogP contribution in [0, 0.1) is 17.8 Å². The minimum atomic E-state index is -2.88. The van der Waals surface area contributed by atoms with Crippen LogP contribution in [0.1, 0.15) is 36.8 Å². The first-order chi connectivity index (χ1) is 18.0. The number of aromatic hydroxyl groups is 1. The second-order valence-electron chi connectivity index (χ2n) is 10.4. The fourth-order valence-corrected chi connectivity index (χ4v) is 7.50. The van der Waals surface area contributed by atoms with E-state index in [9.17, 15) is 39.6 Å². The van der Waals surface area contributed by atoms with E-state index in [1.54, 1.807) is 30.8 Å². The van der Waals surface area contributed by atoms with Crippen LogP contribution in [0.3, 0.4) is 0 Å². The van der Waals surface area contributed by atoms with Gasteiger partial charge >= 0.3 is 5.97 Å². The lowest BCUT2D eigenvalue weighted by Gasteiger charge is -2.53. The first-order valence-electron chi connectivity index (χ1n) is 12.5. The summed E-state index contributed by atoms with van der Waals surface area (Å²) in [7, 11) is 0. The number of phenols is 1. The summed E-state index contributed by atoms with van der Waals surface area (Å²) < 4.78 is 5.89. The number of rotatable bonds is 5. The second kappa shape index (κ2) is 9.67. The van der Waals surface area contributed by atoms with Crippen LogP contribution >= 0.6 is 11.8 Å². The number of hydrogen-bond acceptors (Lipinski definition) is 11. The summed E-state index contributed by atoms with van der Waals surface area (Å²) in [5.74, 6) is -8.33. The second-order valence-corrected chi connectivity index (χ2v) is 11.5. The SMILES string of the molecule is C[C@H]1c2cccc(O)c2C(O)=C2C(=O)[C@]3(O)C(=O)C(C(N)=O)C(O)C[C@@H]3[C@@H](OC(=O)CCN3CCSC3)[C@@H]21. The number of thioether (sulfide) groups is 1. The zero-order chi connectivity index (χ0) is 27.5. The number of primary amides is 1. The summed E-state index contributed by atoms with van der Waals surface area (Å²) in [6.45, 7) is 2.99. The van der Waals surface area contributed by atoms with E-state index >= 15 is 0 Å². The Kier molecular flexibility index (Phi) is 6.79.